The van der Waals surface area contributed by atoms with Crippen LogP contribution in [0.3, 0.4) is 0 Å². The van der Waals surface area contributed by atoms with Crippen LogP contribution in [0.25, 0.3) is 4.96 Å². The van der Waals surface area contributed by atoms with E-state index in [9.17, 15) is 10.1 Å². The predicted octanol–water partition coefficient (Wildman–Crippen LogP) is 2.14. The molecule has 7 nitrogen and oxygen atoms in total. The summed E-state index contributed by atoms with van der Waals surface area (Å²) >= 11 is 1.36. The topological polar surface area (TPSA) is 81.7 Å². The third kappa shape index (κ3) is 2.59. The molecule has 2 aromatic rings. The van der Waals surface area contributed by atoms with Gasteiger partial charge in [0.25, 0.3) is 4.96 Å². The second-order valence-corrected chi connectivity index (χ2v) is 4.82. The molecule has 98 valence electrons. The smallest absolute Gasteiger partial charge is 0.372 e. The minimum absolute atomic E-state index is 0.0317. The molecule has 2 aromatic heterocycles. The van der Waals surface area contributed by atoms with Crippen LogP contribution in [0.5, 0.6) is 0 Å². The molecule has 0 fully saturated rings. The highest BCUT2D eigenvalue weighted by atomic mass is 32.1. The van der Waals surface area contributed by atoms with Crippen LogP contribution in [0.2, 0.25) is 0 Å². The second-order valence-electron chi connectivity index (χ2n) is 3.94. The number of hydrogen-bond acceptors (Lipinski definition) is 6. The zero-order valence-corrected chi connectivity index (χ0v) is 10.9. The SMILES string of the molecule is CC(C)OCCNc1nc2sccn2c1[N+](=O)[O-]. The van der Waals surface area contributed by atoms with Gasteiger partial charge in [-0.2, -0.15) is 9.38 Å². The molecule has 0 aromatic carbocycles. The summed E-state index contributed by atoms with van der Waals surface area (Å²) in [6, 6.07) is 0. The lowest BCUT2D eigenvalue weighted by Gasteiger charge is -2.07. The lowest BCUT2D eigenvalue weighted by molar-refractivity contribution is -0.389. The molecular formula is C10H14N4O3S. The molecule has 0 amide bonds. The first kappa shape index (κ1) is 12.8. The Balaban J connectivity index is 2.10. The summed E-state index contributed by atoms with van der Waals surface area (Å²) in [6.07, 6.45) is 1.79. The molecule has 18 heavy (non-hydrogen) atoms. The Morgan fingerprint density at radius 3 is 3.11 bits per heavy atom. The molecule has 0 bridgehead atoms. The number of ether oxygens (including phenoxy) is 1. The van der Waals surface area contributed by atoms with Gasteiger partial charge in [-0.3, -0.25) is 0 Å². The summed E-state index contributed by atoms with van der Waals surface area (Å²) in [5.74, 6) is 0.259. The normalized spacial score (nSPS) is 11.3. The largest absolute Gasteiger partial charge is 0.377 e. The van der Waals surface area contributed by atoms with Gasteiger partial charge in [0.2, 0.25) is 5.82 Å². The van der Waals surface area contributed by atoms with Gasteiger partial charge < -0.3 is 20.2 Å². The minimum atomic E-state index is -0.432. The number of nitrogens with zero attached hydrogens (tertiary/aromatic N) is 3. The van der Waals surface area contributed by atoms with Crippen molar-refractivity contribution in [1.82, 2.24) is 9.38 Å². The highest BCUT2D eigenvalue weighted by molar-refractivity contribution is 7.15. The molecule has 2 heterocycles. The third-order valence-electron chi connectivity index (χ3n) is 2.26. The van der Waals surface area contributed by atoms with Gasteiger partial charge in [-0.15, -0.1) is 0 Å². The summed E-state index contributed by atoms with van der Waals surface area (Å²) in [5, 5.41) is 15.7. The Hall–Kier alpha value is -1.67. The number of rotatable bonds is 6. The number of aromatic nitrogens is 2. The van der Waals surface area contributed by atoms with Crippen molar-refractivity contribution in [3.63, 3.8) is 0 Å². The van der Waals surface area contributed by atoms with Crippen LogP contribution in [0.1, 0.15) is 13.8 Å². The number of imidazole rings is 1. The maximum Gasteiger partial charge on any atom is 0.372 e. The molecule has 8 heteroatoms. The summed E-state index contributed by atoms with van der Waals surface area (Å²) in [5.41, 5.74) is 0. The van der Waals surface area contributed by atoms with Crippen molar-refractivity contribution in [3.8, 4) is 0 Å². The average molecular weight is 270 g/mol. The van der Waals surface area contributed by atoms with Gasteiger partial charge in [-0.05, 0) is 18.8 Å². The van der Waals surface area contributed by atoms with Gasteiger partial charge in [-0.1, -0.05) is 11.3 Å². The fourth-order valence-electron chi connectivity index (χ4n) is 1.53. The number of fused-ring (bicyclic) bond motifs is 1. The van der Waals surface area contributed by atoms with Crippen LogP contribution in [0, 0.1) is 10.1 Å². The minimum Gasteiger partial charge on any atom is -0.377 e. The zero-order chi connectivity index (χ0) is 13.1. The predicted molar refractivity (Wildman–Crippen MR) is 69.3 cm³/mol. The third-order valence-corrected chi connectivity index (χ3v) is 3.01. The van der Waals surface area contributed by atoms with Crippen LogP contribution in [-0.2, 0) is 4.74 Å². The Bertz CT molecular complexity index is 548. The first-order chi connectivity index (χ1) is 8.59. The maximum absolute atomic E-state index is 11.0. The van der Waals surface area contributed by atoms with Crippen LogP contribution >= 0.6 is 11.3 Å². The summed E-state index contributed by atoms with van der Waals surface area (Å²) < 4.78 is 6.82. The van der Waals surface area contributed by atoms with E-state index in [0.717, 1.165) is 0 Å². The molecule has 1 N–H and O–H groups in total. The lowest BCUT2D eigenvalue weighted by Crippen LogP contribution is -2.14. The second kappa shape index (κ2) is 5.32. The van der Waals surface area contributed by atoms with Crippen LogP contribution in [0.15, 0.2) is 11.6 Å². The van der Waals surface area contributed by atoms with E-state index in [1.807, 2.05) is 13.8 Å². The molecule has 2 rings (SSSR count). The van der Waals surface area contributed by atoms with E-state index in [2.05, 4.69) is 10.3 Å². The Morgan fingerprint density at radius 1 is 1.67 bits per heavy atom. The highest BCUT2D eigenvalue weighted by Crippen LogP contribution is 2.27. The van der Waals surface area contributed by atoms with E-state index in [0.29, 0.717) is 23.9 Å². The number of hydrogen-bond donors (Lipinski definition) is 1. The molecule has 0 saturated carbocycles. The molecule has 0 saturated heterocycles. The van der Waals surface area contributed by atoms with Gasteiger partial charge >= 0.3 is 5.82 Å². The number of nitrogens with one attached hydrogen (secondary N) is 1. The van der Waals surface area contributed by atoms with Crippen LogP contribution in [0.4, 0.5) is 11.6 Å². The van der Waals surface area contributed by atoms with E-state index in [4.69, 9.17) is 4.74 Å². The van der Waals surface area contributed by atoms with E-state index >= 15 is 0 Å². The Morgan fingerprint density at radius 2 is 2.44 bits per heavy atom. The summed E-state index contributed by atoms with van der Waals surface area (Å²) in [7, 11) is 0. The number of nitro groups is 1. The average Bonchev–Trinajstić information content (AvgIpc) is 2.82. The molecule has 0 aliphatic carbocycles. The molecule has 0 spiro atoms. The van der Waals surface area contributed by atoms with Gasteiger partial charge in [-0.25, -0.2) is 0 Å². The van der Waals surface area contributed by atoms with Crippen LogP contribution < -0.4 is 5.32 Å². The van der Waals surface area contributed by atoms with Crippen molar-refractivity contribution in [1.29, 1.82) is 0 Å². The van der Waals surface area contributed by atoms with E-state index in [-0.39, 0.29) is 11.9 Å². The maximum atomic E-state index is 11.0. The monoisotopic (exact) mass is 270 g/mol. The molecule has 0 atom stereocenters. The van der Waals surface area contributed by atoms with Crippen molar-refractivity contribution in [3.05, 3.63) is 21.7 Å². The Labute approximate surface area is 108 Å². The van der Waals surface area contributed by atoms with Crippen molar-refractivity contribution in [2.75, 3.05) is 18.5 Å². The van der Waals surface area contributed by atoms with Gasteiger partial charge in [0.05, 0.1) is 12.7 Å². The van der Waals surface area contributed by atoms with E-state index in [1.165, 1.54) is 15.7 Å². The first-order valence-electron chi connectivity index (χ1n) is 5.55. The molecule has 0 aliphatic rings. The fourth-order valence-corrected chi connectivity index (χ4v) is 2.24. The molecule has 0 radical (unpaired) electrons. The van der Waals surface area contributed by atoms with Crippen LogP contribution in [-0.4, -0.2) is 33.6 Å². The summed E-state index contributed by atoms with van der Waals surface area (Å²) in [4.78, 5) is 15.4. The fraction of sp³-hybridized carbons (Fsp3) is 0.500. The quantitative estimate of drug-likeness (QED) is 0.494. The summed E-state index contributed by atoms with van der Waals surface area (Å²) in [6.45, 7) is 4.86. The van der Waals surface area contributed by atoms with Crippen molar-refractivity contribution >= 4 is 27.9 Å². The van der Waals surface area contributed by atoms with Crippen molar-refractivity contribution < 1.29 is 9.66 Å². The molecule has 0 unspecified atom stereocenters. The standard InChI is InChI=1S/C10H14N4O3S/c1-7(2)17-5-3-11-8-9(14(15)16)13-4-6-18-10(13)12-8/h4,6-7,11H,3,5H2,1-2H3. The molecule has 0 aliphatic heterocycles. The number of anilines is 1. The van der Waals surface area contributed by atoms with Gasteiger partial charge in [0.15, 0.2) is 0 Å². The van der Waals surface area contributed by atoms with E-state index < -0.39 is 4.92 Å². The number of thiazole rings is 1. The van der Waals surface area contributed by atoms with Crippen molar-refractivity contribution in [2.45, 2.75) is 20.0 Å². The molecular weight excluding hydrogens is 256 g/mol. The zero-order valence-electron chi connectivity index (χ0n) is 10.1. The lowest BCUT2D eigenvalue weighted by atomic mass is 10.5. The van der Waals surface area contributed by atoms with E-state index in [1.54, 1.807) is 11.6 Å². The first-order valence-corrected chi connectivity index (χ1v) is 6.43. The van der Waals surface area contributed by atoms with Gasteiger partial charge in [0.1, 0.15) is 6.20 Å². The Kier molecular flexibility index (Phi) is 3.78. The van der Waals surface area contributed by atoms with Crippen molar-refractivity contribution in [2.24, 2.45) is 0 Å². The van der Waals surface area contributed by atoms with Gasteiger partial charge in [0, 0.05) is 11.9 Å². The highest BCUT2D eigenvalue weighted by Gasteiger charge is 2.22.